The van der Waals surface area contributed by atoms with Crippen molar-refractivity contribution in [3.05, 3.63) is 134 Å². The monoisotopic (exact) mass is 1410 g/mol. The molecule has 0 bridgehead atoms. The van der Waals surface area contributed by atoms with Gasteiger partial charge in [-0.2, -0.15) is 0 Å². The zero-order valence-electron chi connectivity index (χ0n) is 60.9. The number of aliphatic hydroxyl groups excluding tert-OH is 1. The van der Waals surface area contributed by atoms with Gasteiger partial charge in [-0.15, -0.1) is 0 Å². The summed E-state index contributed by atoms with van der Waals surface area (Å²) < 4.78 is 68.3. The topological polar surface area (TPSA) is 237 Å². The summed E-state index contributed by atoms with van der Waals surface area (Å²) in [4.78, 5) is 72.7. The Kier molecular flexibility index (Phi) is 67.2. The summed E-state index contributed by atoms with van der Waals surface area (Å²) in [7, 11) is -9.98. The predicted molar refractivity (Wildman–Crippen MR) is 399 cm³/mol. The minimum atomic E-state index is -5.00. The Morgan fingerprint density at radius 1 is 0.306 bits per heavy atom. The highest BCUT2D eigenvalue weighted by molar-refractivity contribution is 7.47. The van der Waals surface area contributed by atoms with E-state index >= 15 is 0 Å². The number of esters is 4. The summed E-state index contributed by atoms with van der Waals surface area (Å²) in [5.74, 6) is -2.36. The molecule has 0 aromatic carbocycles. The van der Waals surface area contributed by atoms with Gasteiger partial charge < -0.3 is 33.8 Å². The predicted octanol–water partition coefficient (Wildman–Crippen LogP) is 21.3. The van der Waals surface area contributed by atoms with Crippen molar-refractivity contribution in [2.24, 2.45) is 0 Å². The molecule has 0 spiro atoms. The van der Waals surface area contributed by atoms with E-state index in [0.29, 0.717) is 25.7 Å². The fourth-order valence-electron chi connectivity index (χ4n) is 9.46. The maximum atomic E-state index is 13.1. The Morgan fingerprint density at radius 3 is 0.959 bits per heavy atom. The van der Waals surface area contributed by atoms with Crippen LogP contribution in [0.2, 0.25) is 0 Å². The van der Waals surface area contributed by atoms with Crippen LogP contribution in [0.5, 0.6) is 0 Å². The van der Waals surface area contributed by atoms with E-state index in [0.717, 1.165) is 180 Å². The minimum Gasteiger partial charge on any atom is -0.462 e. The summed E-state index contributed by atoms with van der Waals surface area (Å²) in [6.07, 6.45) is 77.6. The van der Waals surface area contributed by atoms with Crippen molar-refractivity contribution < 1.29 is 80.2 Å². The van der Waals surface area contributed by atoms with E-state index < -0.39 is 97.5 Å². The van der Waals surface area contributed by atoms with Crippen molar-refractivity contribution in [1.29, 1.82) is 0 Å². The average Bonchev–Trinajstić information content (AvgIpc) is 0.971. The highest BCUT2D eigenvalue weighted by Crippen LogP contribution is 2.45. The Balaban J connectivity index is 5.42. The first-order valence-electron chi connectivity index (χ1n) is 37.4. The Morgan fingerprint density at radius 2 is 0.592 bits per heavy atom. The number of carbonyl (C=O) groups excluding carboxylic acids is 4. The van der Waals surface area contributed by atoms with Gasteiger partial charge >= 0.3 is 39.5 Å². The molecule has 98 heavy (non-hydrogen) atoms. The third-order valence-electron chi connectivity index (χ3n) is 15.1. The van der Waals surface area contributed by atoms with E-state index in [-0.39, 0.29) is 25.7 Å². The number of phosphoric acid groups is 2. The normalized spacial score (nSPS) is 14.7. The Labute approximate surface area is 593 Å². The highest BCUT2D eigenvalue weighted by Gasteiger charge is 2.30. The standard InChI is InChI=1S/C79H132O17P2/c1-5-9-13-17-21-25-29-33-35-36-38-42-44-48-52-56-60-64-77(82)90-70-75(96-79(84)66-62-58-54-50-46-40-32-28-24-20-16-12-8-4)72-94-98(87,88)92-68-73(80)67-91-97(85,86)93-71-74(95-78(83)65-61-57-53-49-45-39-31-27-23-19-15-11-7-3)69-89-76(81)63-59-55-51-47-43-41-37-34-30-26-22-18-14-10-6-2/h9-10,13-15,19,21-22,25-28,31-35,37,43,47,55,59,73-75,80H,5-8,11-12,16-18,20,23-24,29-30,36,38-42,44-46,48-54,56-58,60-72H2,1-4H3,(H,85,86)(H,87,88)/b13-9-,14-10-,19-15-,25-21-,26-22-,31-27-,32-28-,35-33-,37-34-,47-43-,59-55-. The Hall–Kier alpha value is -4.80. The van der Waals surface area contributed by atoms with Crippen molar-refractivity contribution in [2.45, 2.75) is 303 Å². The lowest BCUT2D eigenvalue weighted by molar-refractivity contribution is -0.161. The smallest absolute Gasteiger partial charge is 0.462 e. The molecule has 0 amide bonds. The van der Waals surface area contributed by atoms with Crippen LogP contribution in [0.25, 0.3) is 0 Å². The molecule has 0 heterocycles. The van der Waals surface area contributed by atoms with E-state index in [2.05, 4.69) is 137 Å². The molecular formula is C79H132O17P2. The molecule has 0 aliphatic heterocycles. The summed E-state index contributed by atoms with van der Waals surface area (Å²) in [6, 6.07) is 0. The zero-order valence-corrected chi connectivity index (χ0v) is 62.7. The number of hydrogen-bond acceptors (Lipinski definition) is 15. The van der Waals surface area contributed by atoms with Gasteiger partial charge in [0.2, 0.25) is 0 Å². The summed E-state index contributed by atoms with van der Waals surface area (Å²) in [5.41, 5.74) is 0. The summed E-state index contributed by atoms with van der Waals surface area (Å²) >= 11 is 0. The van der Waals surface area contributed by atoms with Crippen LogP contribution in [-0.4, -0.2) is 96.7 Å². The van der Waals surface area contributed by atoms with E-state index in [9.17, 15) is 43.2 Å². The summed E-state index contributed by atoms with van der Waals surface area (Å²) in [5, 5.41) is 10.6. The van der Waals surface area contributed by atoms with Crippen molar-refractivity contribution in [3.63, 3.8) is 0 Å². The first-order chi connectivity index (χ1) is 47.7. The van der Waals surface area contributed by atoms with Gasteiger partial charge in [-0.25, -0.2) is 9.13 Å². The van der Waals surface area contributed by atoms with Gasteiger partial charge in [0.15, 0.2) is 12.2 Å². The third kappa shape index (κ3) is 69.7. The van der Waals surface area contributed by atoms with Gasteiger partial charge in [0.1, 0.15) is 19.3 Å². The lowest BCUT2D eigenvalue weighted by atomic mass is 10.1. The molecule has 0 fully saturated rings. The average molecular weight is 1420 g/mol. The van der Waals surface area contributed by atoms with Crippen molar-refractivity contribution in [2.75, 3.05) is 39.6 Å². The number of hydrogen-bond donors (Lipinski definition) is 3. The zero-order chi connectivity index (χ0) is 71.8. The van der Waals surface area contributed by atoms with Gasteiger partial charge in [-0.1, -0.05) is 258 Å². The second-order valence-corrected chi connectivity index (χ2v) is 27.4. The molecule has 0 aliphatic rings. The molecule has 0 radical (unpaired) electrons. The second kappa shape index (κ2) is 70.6. The highest BCUT2D eigenvalue weighted by atomic mass is 31.2. The molecule has 0 saturated heterocycles. The number of ether oxygens (including phenoxy) is 4. The first kappa shape index (κ1) is 93.2. The van der Waals surface area contributed by atoms with E-state index in [1.54, 1.807) is 6.08 Å². The maximum Gasteiger partial charge on any atom is 0.472 e. The van der Waals surface area contributed by atoms with Crippen LogP contribution >= 0.6 is 15.6 Å². The lowest BCUT2D eigenvalue weighted by Gasteiger charge is -2.21. The maximum absolute atomic E-state index is 13.1. The van der Waals surface area contributed by atoms with Crippen molar-refractivity contribution >= 4 is 39.5 Å². The van der Waals surface area contributed by atoms with Crippen molar-refractivity contribution in [1.82, 2.24) is 0 Å². The van der Waals surface area contributed by atoms with Gasteiger partial charge in [-0.05, 0) is 135 Å². The first-order valence-corrected chi connectivity index (χ1v) is 40.4. The van der Waals surface area contributed by atoms with Gasteiger partial charge in [0, 0.05) is 19.3 Å². The van der Waals surface area contributed by atoms with E-state index in [1.807, 2.05) is 18.2 Å². The number of aliphatic hydroxyl groups is 1. The van der Waals surface area contributed by atoms with Gasteiger partial charge in [0.25, 0.3) is 0 Å². The second-order valence-electron chi connectivity index (χ2n) is 24.5. The number of rotatable bonds is 69. The van der Waals surface area contributed by atoms with Crippen molar-refractivity contribution in [3.8, 4) is 0 Å². The molecule has 5 unspecified atom stereocenters. The number of carbonyl (C=O) groups is 4. The number of unbranched alkanes of at least 4 members (excludes halogenated alkanes) is 22. The third-order valence-corrected chi connectivity index (χ3v) is 17.0. The lowest BCUT2D eigenvalue weighted by Crippen LogP contribution is -2.30. The molecule has 0 aromatic rings. The molecule has 0 aromatic heterocycles. The Bertz CT molecular complexity index is 2380. The summed E-state index contributed by atoms with van der Waals surface area (Å²) in [6.45, 7) is 4.40. The van der Waals surface area contributed by atoms with Gasteiger partial charge in [0.05, 0.1) is 32.8 Å². The minimum absolute atomic E-state index is 0.0560. The van der Waals surface area contributed by atoms with Gasteiger partial charge in [-0.3, -0.25) is 37.3 Å². The van der Waals surface area contributed by atoms with Crippen LogP contribution in [0.15, 0.2) is 134 Å². The van der Waals surface area contributed by atoms with Crippen LogP contribution < -0.4 is 0 Å². The van der Waals surface area contributed by atoms with Crippen LogP contribution in [0, 0.1) is 0 Å². The quantitative estimate of drug-likeness (QED) is 0.0169. The largest absolute Gasteiger partial charge is 0.472 e. The molecule has 3 N–H and O–H groups in total. The number of phosphoric ester groups is 2. The molecule has 0 aliphatic carbocycles. The molecule has 0 saturated carbocycles. The van der Waals surface area contributed by atoms with E-state index in [4.69, 9.17) is 37.0 Å². The SMILES string of the molecule is CC/C=C\C/C=C\C/C=C\C/C=C\C/C=C\CC(=O)OCC(COP(=O)(O)OCC(O)COP(=O)(O)OCC(COC(=O)CCCCCCCCC/C=C\C/C=C\C/C=C\CC)OC(=O)CCCCCCC/C=C\CCCCCC)OC(=O)CCCCCCC/C=C\C/C=C\CCC. The fraction of sp³-hybridized carbons (Fsp3) is 0.671. The molecule has 5 atom stereocenters. The molecule has 560 valence electrons. The number of allylic oxidation sites excluding steroid dienone is 21. The molecule has 17 nitrogen and oxygen atoms in total. The molecular weight excluding hydrogens is 1280 g/mol. The van der Waals surface area contributed by atoms with Crippen LogP contribution in [0.1, 0.15) is 285 Å². The molecule has 0 rings (SSSR count). The van der Waals surface area contributed by atoms with Crippen LogP contribution in [-0.2, 0) is 65.4 Å². The fourth-order valence-corrected chi connectivity index (χ4v) is 11.0. The molecule has 19 heteroatoms. The van der Waals surface area contributed by atoms with E-state index in [1.165, 1.54) is 25.7 Å². The van der Waals surface area contributed by atoms with Crippen LogP contribution in [0.3, 0.4) is 0 Å². The van der Waals surface area contributed by atoms with Crippen LogP contribution in [0.4, 0.5) is 0 Å².